The van der Waals surface area contributed by atoms with Crippen LogP contribution in [0.4, 0.5) is 5.95 Å². The molecule has 158 valence electrons. The van der Waals surface area contributed by atoms with E-state index in [1.165, 1.54) is 18.9 Å². The van der Waals surface area contributed by atoms with Crippen molar-refractivity contribution in [1.82, 2.24) is 14.9 Å². The van der Waals surface area contributed by atoms with Gasteiger partial charge in [0.25, 0.3) is 0 Å². The second-order valence-corrected chi connectivity index (χ2v) is 8.38. The maximum absolute atomic E-state index is 11.7. The molecule has 4 rings (SSSR count). The number of hydrogen-bond acceptors (Lipinski definition) is 5. The van der Waals surface area contributed by atoms with E-state index < -0.39 is 0 Å². The van der Waals surface area contributed by atoms with Gasteiger partial charge < -0.3 is 15.5 Å². The predicted molar refractivity (Wildman–Crippen MR) is 116 cm³/mol. The van der Waals surface area contributed by atoms with Gasteiger partial charge in [-0.25, -0.2) is 9.97 Å². The number of fused-ring (bicyclic) bond motifs is 1. The summed E-state index contributed by atoms with van der Waals surface area (Å²) >= 11 is 0. The van der Waals surface area contributed by atoms with Gasteiger partial charge in [0.05, 0.1) is 5.69 Å². The number of nitrogens with zero attached hydrogens (tertiary/aromatic N) is 4. The lowest BCUT2D eigenvalue weighted by Gasteiger charge is -2.31. The molecule has 1 aliphatic carbocycles. The summed E-state index contributed by atoms with van der Waals surface area (Å²) in [5.74, 6) is 0.271. The molecule has 1 saturated heterocycles. The fourth-order valence-corrected chi connectivity index (χ4v) is 4.25. The lowest BCUT2D eigenvalue weighted by atomic mass is 9.92. The zero-order chi connectivity index (χ0) is 21.3. The first-order valence-corrected chi connectivity index (χ1v) is 10.7. The van der Waals surface area contributed by atoms with Gasteiger partial charge in [-0.3, -0.25) is 9.59 Å². The van der Waals surface area contributed by atoms with Gasteiger partial charge in [-0.15, -0.1) is 0 Å². The van der Waals surface area contributed by atoms with Crippen molar-refractivity contribution in [3.63, 3.8) is 0 Å². The van der Waals surface area contributed by atoms with Gasteiger partial charge >= 0.3 is 0 Å². The molecule has 30 heavy (non-hydrogen) atoms. The summed E-state index contributed by atoms with van der Waals surface area (Å²) in [4.78, 5) is 37.1. The van der Waals surface area contributed by atoms with E-state index in [1.54, 1.807) is 11.9 Å². The molecule has 2 amide bonds. The van der Waals surface area contributed by atoms with Crippen LogP contribution in [0.15, 0.2) is 24.3 Å². The van der Waals surface area contributed by atoms with Crippen molar-refractivity contribution in [3.05, 3.63) is 41.1 Å². The first-order chi connectivity index (χ1) is 14.4. The van der Waals surface area contributed by atoms with Crippen LogP contribution in [0.3, 0.4) is 0 Å². The summed E-state index contributed by atoms with van der Waals surface area (Å²) in [5, 5.41) is 0. The van der Waals surface area contributed by atoms with Crippen molar-refractivity contribution in [2.24, 2.45) is 5.73 Å². The number of rotatable bonds is 7. The Kier molecular flexibility index (Phi) is 5.70. The molecule has 7 nitrogen and oxygen atoms in total. The number of likely N-dealkylation sites (N-methyl/N-ethyl adjacent to an activating group) is 1. The Balaban J connectivity index is 1.71. The lowest BCUT2D eigenvalue weighted by Crippen LogP contribution is -2.38. The van der Waals surface area contributed by atoms with E-state index in [-0.39, 0.29) is 24.2 Å². The zero-order valence-corrected chi connectivity index (χ0v) is 17.7. The summed E-state index contributed by atoms with van der Waals surface area (Å²) in [6, 6.07) is 8.17. The van der Waals surface area contributed by atoms with Crippen LogP contribution in [0.2, 0.25) is 0 Å². The molecule has 0 bridgehead atoms. The van der Waals surface area contributed by atoms with Gasteiger partial charge in [-0.05, 0) is 37.3 Å². The molecule has 0 saturated carbocycles. The monoisotopic (exact) mass is 407 g/mol. The number of carbonyl (C=O) groups excluding carboxylic acids is 2. The van der Waals surface area contributed by atoms with Crippen molar-refractivity contribution in [1.29, 1.82) is 0 Å². The SMILES string of the molecule is CC(=O)N(C)CC(CC(N)=O)c1cccc(-c2nc(N3CCC3)nc3c2CCC3)c1. The fourth-order valence-electron chi connectivity index (χ4n) is 4.25. The smallest absolute Gasteiger partial charge is 0.226 e. The largest absolute Gasteiger partial charge is 0.370 e. The minimum atomic E-state index is -0.370. The second kappa shape index (κ2) is 8.42. The minimum Gasteiger partial charge on any atom is -0.370 e. The van der Waals surface area contributed by atoms with E-state index >= 15 is 0 Å². The van der Waals surface area contributed by atoms with Crippen molar-refractivity contribution in [2.75, 3.05) is 31.6 Å². The number of primary amides is 1. The average molecular weight is 408 g/mol. The molecule has 2 aromatic rings. The van der Waals surface area contributed by atoms with Gasteiger partial charge in [0.15, 0.2) is 0 Å². The first-order valence-electron chi connectivity index (χ1n) is 10.7. The second-order valence-electron chi connectivity index (χ2n) is 8.38. The standard InChI is InChI=1S/C23H29N5O2/c1-15(29)27(2)14-18(13-21(24)30)16-6-3-7-17(12-16)22-19-8-4-9-20(19)25-23(26-22)28-10-5-11-28/h3,6-7,12,18H,4-5,8-11,13-14H2,1-2H3,(H2,24,30). The molecule has 1 aromatic carbocycles. The molecule has 1 fully saturated rings. The molecular formula is C23H29N5O2. The molecular weight excluding hydrogens is 378 g/mol. The number of aryl methyl sites for hydroxylation is 1. The van der Waals surface area contributed by atoms with Crippen LogP contribution in [0.5, 0.6) is 0 Å². The Bertz CT molecular complexity index is 970. The normalized spacial score (nSPS) is 16.0. The molecule has 1 aliphatic heterocycles. The Morgan fingerprint density at radius 1 is 1.20 bits per heavy atom. The fraction of sp³-hybridized carbons (Fsp3) is 0.478. The minimum absolute atomic E-state index is 0.0339. The third-order valence-electron chi connectivity index (χ3n) is 6.17. The zero-order valence-electron chi connectivity index (χ0n) is 17.7. The summed E-state index contributed by atoms with van der Waals surface area (Å²) in [6.07, 6.45) is 4.48. The maximum atomic E-state index is 11.7. The maximum Gasteiger partial charge on any atom is 0.226 e. The molecule has 2 heterocycles. The number of aromatic nitrogens is 2. The third-order valence-corrected chi connectivity index (χ3v) is 6.17. The molecule has 7 heteroatoms. The Hall–Kier alpha value is -2.96. The predicted octanol–water partition coefficient (Wildman–Crippen LogP) is 2.28. The van der Waals surface area contributed by atoms with Crippen LogP contribution in [-0.4, -0.2) is 53.4 Å². The quantitative estimate of drug-likeness (QED) is 0.760. The highest BCUT2D eigenvalue weighted by molar-refractivity contribution is 5.76. The highest BCUT2D eigenvalue weighted by Gasteiger charge is 2.25. The Morgan fingerprint density at radius 3 is 2.67 bits per heavy atom. The van der Waals surface area contributed by atoms with Crippen LogP contribution in [-0.2, 0) is 22.4 Å². The van der Waals surface area contributed by atoms with E-state index in [1.807, 2.05) is 12.1 Å². The summed E-state index contributed by atoms with van der Waals surface area (Å²) in [7, 11) is 1.75. The summed E-state index contributed by atoms with van der Waals surface area (Å²) in [5.41, 5.74) is 10.9. The molecule has 2 N–H and O–H groups in total. The van der Waals surface area contributed by atoms with Crippen molar-refractivity contribution in [2.45, 2.75) is 44.9 Å². The number of benzene rings is 1. The Labute approximate surface area is 177 Å². The third kappa shape index (κ3) is 4.15. The molecule has 0 spiro atoms. The van der Waals surface area contributed by atoms with E-state index in [4.69, 9.17) is 15.7 Å². The van der Waals surface area contributed by atoms with Crippen LogP contribution >= 0.6 is 0 Å². The van der Waals surface area contributed by atoms with Crippen LogP contribution in [0.25, 0.3) is 11.3 Å². The van der Waals surface area contributed by atoms with E-state index in [2.05, 4.69) is 17.0 Å². The van der Waals surface area contributed by atoms with Gasteiger partial charge in [-0.1, -0.05) is 18.2 Å². The van der Waals surface area contributed by atoms with Gasteiger partial charge in [-0.2, -0.15) is 0 Å². The van der Waals surface area contributed by atoms with Crippen LogP contribution < -0.4 is 10.6 Å². The summed E-state index contributed by atoms with van der Waals surface area (Å²) < 4.78 is 0. The molecule has 2 aliphatic rings. The lowest BCUT2D eigenvalue weighted by molar-refractivity contribution is -0.128. The topological polar surface area (TPSA) is 92.4 Å². The highest BCUT2D eigenvalue weighted by atomic mass is 16.2. The van der Waals surface area contributed by atoms with Crippen LogP contribution in [0.1, 0.15) is 48.9 Å². The summed E-state index contributed by atoms with van der Waals surface area (Å²) in [6.45, 7) is 3.99. The number of carbonyl (C=O) groups is 2. The number of nitrogens with two attached hydrogens (primary N) is 1. The van der Waals surface area contributed by atoms with Crippen molar-refractivity contribution in [3.8, 4) is 11.3 Å². The van der Waals surface area contributed by atoms with E-state index in [9.17, 15) is 9.59 Å². The number of amides is 2. The molecule has 1 atom stereocenters. The average Bonchev–Trinajstić information content (AvgIpc) is 3.13. The van der Waals surface area contributed by atoms with E-state index in [0.29, 0.717) is 6.54 Å². The van der Waals surface area contributed by atoms with E-state index in [0.717, 1.165) is 60.8 Å². The van der Waals surface area contributed by atoms with Crippen molar-refractivity contribution >= 4 is 17.8 Å². The van der Waals surface area contributed by atoms with Gasteiger partial charge in [0, 0.05) is 62.8 Å². The first kappa shape index (κ1) is 20.3. The van der Waals surface area contributed by atoms with Crippen LogP contribution in [0, 0.1) is 0 Å². The highest BCUT2D eigenvalue weighted by Crippen LogP contribution is 2.34. The van der Waals surface area contributed by atoms with Gasteiger partial charge in [0.1, 0.15) is 0 Å². The van der Waals surface area contributed by atoms with Crippen molar-refractivity contribution < 1.29 is 9.59 Å². The Morgan fingerprint density at radius 2 is 2.00 bits per heavy atom. The molecule has 1 aromatic heterocycles. The molecule has 1 unspecified atom stereocenters. The molecule has 0 radical (unpaired) electrons. The number of hydrogen-bond donors (Lipinski definition) is 1. The van der Waals surface area contributed by atoms with Gasteiger partial charge in [0.2, 0.25) is 17.8 Å². The number of anilines is 1.